The van der Waals surface area contributed by atoms with Gasteiger partial charge in [-0.15, -0.1) is 0 Å². The SMILES string of the molecule is CC(NCC1CCC(=O)N1)C1CCCCC1. The lowest BCUT2D eigenvalue weighted by Crippen LogP contribution is -2.42. The summed E-state index contributed by atoms with van der Waals surface area (Å²) in [5.74, 6) is 1.07. The van der Waals surface area contributed by atoms with Gasteiger partial charge in [-0.25, -0.2) is 0 Å². The largest absolute Gasteiger partial charge is 0.352 e. The lowest BCUT2D eigenvalue weighted by molar-refractivity contribution is -0.119. The second kappa shape index (κ2) is 5.67. The summed E-state index contributed by atoms with van der Waals surface area (Å²) in [6.45, 7) is 3.25. The Bertz CT molecular complexity index is 236. The number of carbonyl (C=O) groups excluding carboxylic acids is 1. The van der Waals surface area contributed by atoms with Crippen LogP contribution in [0.5, 0.6) is 0 Å². The van der Waals surface area contributed by atoms with Crippen LogP contribution in [0.15, 0.2) is 0 Å². The number of hydrogen-bond donors (Lipinski definition) is 2. The third-order valence-corrected chi connectivity index (χ3v) is 4.13. The van der Waals surface area contributed by atoms with Gasteiger partial charge in [0.05, 0.1) is 0 Å². The third kappa shape index (κ3) is 3.21. The first-order chi connectivity index (χ1) is 7.75. The maximum absolute atomic E-state index is 11.1. The van der Waals surface area contributed by atoms with E-state index in [1.807, 2.05) is 0 Å². The molecule has 16 heavy (non-hydrogen) atoms. The molecule has 2 aliphatic rings. The first kappa shape index (κ1) is 11.9. The first-order valence-electron chi connectivity index (χ1n) is 6.78. The van der Waals surface area contributed by atoms with E-state index in [1.165, 1.54) is 32.1 Å². The van der Waals surface area contributed by atoms with Crippen molar-refractivity contribution >= 4 is 5.91 Å². The number of hydrogen-bond acceptors (Lipinski definition) is 2. The molecule has 2 N–H and O–H groups in total. The summed E-state index contributed by atoms with van der Waals surface area (Å²) in [7, 11) is 0. The number of carbonyl (C=O) groups is 1. The van der Waals surface area contributed by atoms with Crippen LogP contribution in [0.25, 0.3) is 0 Å². The van der Waals surface area contributed by atoms with Gasteiger partial charge in [0.2, 0.25) is 5.91 Å². The standard InChI is InChI=1S/C13H24N2O/c1-10(11-5-3-2-4-6-11)14-9-12-7-8-13(16)15-12/h10-12,14H,2-9H2,1H3,(H,15,16). The molecule has 2 rings (SSSR count). The lowest BCUT2D eigenvalue weighted by atomic mass is 9.84. The van der Waals surface area contributed by atoms with Crippen LogP contribution in [-0.4, -0.2) is 24.5 Å². The Hall–Kier alpha value is -0.570. The molecule has 1 aliphatic carbocycles. The van der Waals surface area contributed by atoms with E-state index in [-0.39, 0.29) is 5.91 Å². The summed E-state index contributed by atoms with van der Waals surface area (Å²) < 4.78 is 0. The van der Waals surface area contributed by atoms with Crippen LogP contribution < -0.4 is 10.6 Å². The zero-order valence-corrected chi connectivity index (χ0v) is 10.3. The molecule has 2 fully saturated rings. The minimum Gasteiger partial charge on any atom is -0.352 e. The molecule has 1 saturated heterocycles. The maximum Gasteiger partial charge on any atom is 0.220 e. The second-order valence-corrected chi connectivity index (χ2v) is 5.40. The molecule has 2 unspecified atom stereocenters. The summed E-state index contributed by atoms with van der Waals surface area (Å²) in [6, 6.07) is 0.983. The highest BCUT2D eigenvalue weighted by atomic mass is 16.1. The van der Waals surface area contributed by atoms with Crippen molar-refractivity contribution < 1.29 is 4.79 Å². The normalized spacial score (nSPS) is 29.1. The van der Waals surface area contributed by atoms with E-state index in [0.717, 1.165) is 18.9 Å². The van der Waals surface area contributed by atoms with E-state index in [1.54, 1.807) is 0 Å². The van der Waals surface area contributed by atoms with Gasteiger partial charge in [0.15, 0.2) is 0 Å². The van der Waals surface area contributed by atoms with Gasteiger partial charge < -0.3 is 10.6 Å². The molecular weight excluding hydrogens is 200 g/mol. The smallest absolute Gasteiger partial charge is 0.220 e. The van der Waals surface area contributed by atoms with Crippen molar-refractivity contribution in [2.24, 2.45) is 5.92 Å². The number of rotatable bonds is 4. The van der Waals surface area contributed by atoms with Crippen molar-refractivity contribution in [2.45, 2.75) is 64.0 Å². The van der Waals surface area contributed by atoms with Crippen LogP contribution in [0.3, 0.4) is 0 Å². The summed E-state index contributed by atoms with van der Waals surface area (Å²) in [5, 5.41) is 6.61. The van der Waals surface area contributed by atoms with Crippen LogP contribution in [-0.2, 0) is 4.79 Å². The van der Waals surface area contributed by atoms with Gasteiger partial charge >= 0.3 is 0 Å². The van der Waals surface area contributed by atoms with Crippen molar-refractivity contribution in [1.82, 2.24) is 10.6 Å². The minimum atomic E-state index is 0.220. The van der Waals surface area contributed by atoms with Crippen LogP contribution in [0.4, 0.5) is 0 Å². The quantitative estimate of drug-likeness (QED) is 0.765. The highest BCUT2D eigenvalue weighted by Gasteiger charge is 2.23. The molecule has 0 aromatic rings. The summed E-state index contributed by atoms with van der Waals surface area (Å²) in [6.07, 6.45) is 8.69. The predicted octanol–water partition coefficient (Wildman–Crippen LogP) is 1.82. The van der Waals surface area contributed by atoms with Gasteiger partial charge in [-0.1, -0.05) is 19.3 Å². The molecule has 0 spiro atoms. The van der Waals surface area contributed by atoms with Crippen LogP contribution >= 0.6 is 0 Å². The van der Waals surface area contributed by atoms with Crippen molar-refractivity contribution in [3.05, 3.63) is 0 Å². The molecule has 3 nitrogen and oxygen atoms in total. The molecule has 1 saturated carbocycles. The van der Waals surface area contributed by atoms with Crippen molar-refractivity contribution in [2.75, 3.05) is 6.54 Å². The molecular formula is C13H24N2O. The monoisotopic (exact) mass is 224 g/mol. The Kier molecular flexibility index (Phi) is 4.22. The topological polar surface area (TPSA) is 41.1 Å². The summed E-state index contributed by atoms with van der Waals surface area (Å²) >= 11 is 0. The molecule has 0 bridgehead atoms. The van der Waals surface area contributed by atoms with E-state index >= 15 is 0 Å². The Balaban J connectivity index is 1.66. The number of nitrogens with one attached hydrogen (secondary N) is 2. The molecule has 92 valence electrons. The molecule has 0 aromatic carbocycles. The summed E-state index contributed by atoms with van der Waals surface area (Å²) in [4.78, 5) is 11.1. The zero-order valence-electron chi connectivity index (χ0n) is 10.3. The van der Waals surface area contributed by atoms with E-state index in [0.29, 0.717) is 18.5 Å². The zero-order chi connectivity index (χ0) is 11.4. The first-order valence-corrected chi connectivity index (χ1v) is 6.78. The molecule has 1 heterocycles. The van der Waals surface area contributed by atoms with Gasteiger partial charge in [-0.05, 0) is 32.1 Å². The Morgan fingerprint density at radius 1 is 1.31 bits per heavy atom. The average molecular weight is 224 g/mol. The molecule has 1 amide bonds. The molecule has 2 atom stereocenters. The summed E-state index contributed by atoms with van der Waals surface area (Å²) in [5.41, 5.74) is 0. The fraction of sp³-hybridized carbons (Fsp3) is 0.923. The fourth-order valence-electron chi connectivity index (χ4n) is 2.96. The number of amides is 1. The third-order valence-electron chi connectivity index (χ3n) is 4.13. The second-order valence-electron chi connectivity index (χ2n) is 5.40. The van der Waals surface area contributed by atoms with Gasteiger partial charge in [0.25, 0.3) is 0 Å². The maximum atomic E-state index is 11.1. The van der Waals surface area contributed by atoms with Gasteiger partial charge in [0, 0.05) is 25.0 Å². The van der Waals surface area contributed by atoms with Crippen LogP contribution in [0.1, 0.15) is 51.9 Å². The highest BCUT2D eigenvalue weighted by molar-refractivity contribution is 5.78. The minimum absolute atomic E-state index is 0.220. The fourth-order valence-corrected chi connectivity index (χ4v) is 2.96. The lowest BCUT2D eigenvalue weighted by Gasteiger charge is -2.29. The van der Waals surface area contributed by atoms with Crippen molar-refractivity contribution in [3.8, 4) is 0 Å². The van der Waals surface area contributed by atoms with Crippen LogP contribution in [0, 0.1) is 5.92 Å². The molecule has 3 heteroatoms. The van der Waals surface area contributed by atoms with Gasteiger partial charge in [0.1, 0.15) is 0 Å². The molecule has 0 radical (unpaired) electrons. The van der Waals surface area contributed by atoms with E-state index in [2.05, 4.69) is 17.6 Å². The van der Waals surface area contributed by atoms with E-state index < -0.39 is 0 Å². The Morgan fingerprint density at radius 3 is 2.69 bits per heavy atom. The van der Waals surface area contributed by atoms with Crippen molar-refractivity contribution in [1.29, 1.82) is 0 Å². The van der Waals surface area contributed by atoms with Crippen molar-refractivity contribution in [3.63, 3.8) is 0 Å². The Morgan fingerprint density at radius 2 is 2.06 bits per heavy atom. The molecule has 0 aromatic heterocycles. The van der Waals surface area contributed by atoms with Crippen LogP contribution in [0.2, 0.25) is 0 Å². The van der Waals surface area contributed by atoms with Gasteiger partial charge in [-0.2, -0.15) is 0 Å². The van der Waals surface area contributed by atoms with E-state index in [9.17, 15) is 4.79 Å². The molecule has 1 aliphatic heterocycles. The van der Waals surface area contributed by atoms with Gasteiger partial charge in [-0.3, -0.25) is 4.79 Å². The average Bonchev–Trinajstić information content (AvgIpc) is 2.73. The Labute approximate surface area is 98.4 Å². The predicted molar refractivity (Wildman–Crippen MR) is 65.2 cm³/mol. The highest BCUT2D eigenvalue weighted by Crippen LogP contribution is 2.26. The van der Waals surface area contributed by atoms with E-state index in [4.69, 9.17) is 0 Å².